The lowest BCUT2D eigenvalue weighted by molar-refractivity contribution is 0.541. The van der Waals surface area contributed by atoms with Gasteiger partial charge in [-0.3, -0.25) is 0 Å². The first-order valence-electron chi connectivity index (χ1n) is 14.3. The zero-order chi connectivity index (χ0) is 26.8. The van der Waals surface area contributed by atoms with E-state index in [1.807, 2.05) is 0 Å². The molecule has 0 N–H and O–H groups in total. The molecule has 0 spiro atoms. The minimum atomic E-state index is -1.46. The smallest absolute Gasteiger partial charge is 0.173 e. The highest BCUT2D eigenvalue weighted by molar-refractivity contribution is 6.87. The van der Waals surface area contributed by atoms with E-state index in [0.29, 0.717) is 0 Å². The first-order chi connectivity index (χ1) is 14.6. The van der Waals surface area contributed by atoms with Gasteiger partial charge >= 0.3 is 0 Å². The Morgan fingerprint density at radius 2 is 0.515 bits per heavy atom. The number of hydrogen-bond donors (Lipinski definition) is 0. The molecule has 0 aliphatic carbocycles. The van der Waals surface area contributed by atoms with Gasteiger partial charge in [0.05, 0.1) is 0 Å². The zero-order valence-electron chi connectivity index (χ0n) is 26.5. The van der Waals surface area contributed by atoms with Crippen molar-refractivity contribution in [1.82, 2.24) is 0 Å². The highest BCUT2D eigenvalue weighted by Crippen LogP contribution is 2.30. The number of hydrogen-bond acceptors (Lipinski definition) is 1. The largest absolute Gasteiger partial charge is 0.456 e. The third-order valence-electron chi connectivity index (χ3n) is 8.67. The Morgan fingerprint density at radius 1 is 0.333 bits per heavy atom. The highest BCUT2D eigenvalue weighted by atomic mass is 28.4. The maximum atomic E-state index is 6.83. The summed E-state index contributed by atoms with van der Waals surface area (Å²) in [5, 5.41) is 0. The first kappa shape index (κ1) is 36.4. The van der Waals surface area contributed by atoms with Crippen molar-refractivity contribution >= 4 is 48.9 Å². The Bertz CT molecular complexity index is 481. The minimum absolute atomic E-state index is 0.769. The molecule has 33 heavy (non-hydrogen) atoms. The molecule has 202 valence electrons. The van der Waals surface area contributed by atoms with E-state index in [1.54, 1.807) is 12.1 Å². The molecule has 0 unspecified atom stereocenters. The van der Waals surface area contributed by atoms with Crippen LogP contribution in [0.1, 0.15) is 27.7 Å². The lowest BCUT2D eigenvalue weighted by Gasteiger charge is -2.37. The zero-order valence-corrected chi connectivity index (χ0v) is 32.5. The second kappa shape index (κ2) is 14.9. The van der Waals surface area contributed by atoms with E-state index in [4.69, 9.17) is 4.12 Å². The van der Waals surface area contributed by atoms with Crippen molar-refractivity contribution in [3.63, 3.8) is 0 Å². The van der Waals surface area contributed by atoms with Crippen molar-refractivity contribution in [1.29, 1.82) is 0 Å². The third kappa shape index (κ3) is 20.1. The molecule has 0 aromatic heterocycles. The molecule has 0 aliphatic heterocycles. The van der Waals surface area contributed by atoms with E-state index in [1.165, 1.54) is 48.4 Å². The van der Waals surface area contributed by atoms with Crippen LogP contribution >= 0.6 is 0 Å². The maximum absolute atomic E-state index is 6.83. The van der Waals surface area contributed by atoms with E-state index in [-0.39, 0.29) is 0 Å². The summed E-state index contributed by atoms with van der Waals surface area (Å²) in [5.74, 6) is 0. The molecular weight excluding hydrogens is 497 g/mol. The summed E-state index contributed by atoms with van der Waals surface area (Å²) in [5.41, 5.74) is 0. The summed E-state index contributed by atoms with van der Waals surface area (Å²) < 4.78 is 6.83. The van der Waals surface area contributed by atoms with Crippen molar-refractivity contribution in [2.45, 2.75) is 167 Å². The predicted octanol–water partition coefficient (Wildman–Crippen LogP) is 11.3. The third-order valence-corrected chi connectivity index (χ3v) is 31.6. The fourth-order valence-electron chi connectivity index (χ4n) is 3.51. The average molecular weight is 565 g/mol. The van der Waals surface area contributed by atoms with Gasteiger partial charge in [0.1, 0.15) is 0 Å². The molecule has 0 fully saturated rings. The van der Waals surface area contributed by atoms with Crippen molar-refractivity contribution in [2.24, 2.45) is 0 Å². The van der Waals surface area contributed by atoms with Crippen LogP contribution in [0.5, 0.6) is 0 Å². The predicted molar refractivity (Wildman–Crippen MR) is 177 cm³/mol. The van der Waals surface area contributed by atoms with Gasteiger partial charge in [-0.1, -0.05) is 128 Å². The lowest BCUT2D eigenvalue weighted by Crippen LogP contribution is -2.46. The molecule has 0 aromatic carbocycles. The van der Waals surface area contributed by atoms with Crippen LogP contribution in [0.3, 0.4) is 0 Å². The van der Waals surface area contributed by atoms with Gasteiger partial charge in [0.15, 0.2) is 16.6 Å². The van der Waals surface area contributed by atoms with Gasteiger partial charge in [-0.05, 0) is 38.3 Å². The summed E-state index contributed by atoms with van der Waals surface area (Å²) in [4.78, 5) is 0. The molecule has 0 heterocycles. The van der Waals surface area contributed by atoms with Crippen molar-refractivity contribution in [3.8, 4) is 0 Å². The average Bonchev–Trinajstić information content (AvgIpc) is 2.70. The summed E-state index contributed by atoms with van der Waals surface area (Å²) in [6, 6.07) is 14.6. The van der Waals surface area contributed by atoms with Gasteiger partial charge in [-0.25, -0.2) is 0 Å². The fourth-order valence-corrected chi connectivity index (χ4v) is 27.4. The molecule has 0 amide bonds. The molecular formula is C26H68OSi6. The Kier molecular flexibility index (Phi) is 16.4. The Labute approximate surface area is 219 Å². The van der Waals surface area contributed by atoms with Gasteiger partial charge in [-0.2, -0.15) is 0 Å². The normalized spacial score (nSPS) is 14.2. The summed E-state index contributed by atoms with van der Waals surface area (Å²) in [6.45, 7) is 39.6. The second-order valence-electron chi connectivity index (χ2n) is 15.2. The molecule has 0 saturated heterocycles. The molecule has 0 aliphatic rings. The first-order valence-corrected chi connectivity index (χ1v) is 34.2. The van der Waals surface area contributed by atoms with Crippen LogP contribution < -0.4 is 0 Å². The topological polar surface area (TPSA) is 9.23 Å². The second-order valence-corrected chi connectivity index (χ2v) is 46.2. The van der Waals surface area contributed by atoms with Gasteiger partial charge in [0.2, 0.25) is 0 Å². The van der Waals surface area contributed by atoms with Crippen LogP contribution in [0.4, 0.5) is 0 Å². The van der Waals surface area contributed by atoms with E-state index < -0.39 is 48.9 Å². The van der Waals surface area contributed by atoms with Crippen LogP contribution in [-0.4, -0.2) is 48.9 Å². The summed E-state index contributed by atoms with van der Waals surface area (Å²) in [6.07, 6.45) is 0. The fraction of sp³-hybridized carbons (Fsp3) is 1.00. The van der Waals surface area contributed by atoms with Gasteiger partial charge in [0, 0.05) is 32.3 Å². The van der Waals surface area contributed by atoms with Crippen LogP contribution in [0.15, 0.2) is 0 Å². The molecule has 0 saturated carbocycles. The van der Waals surface area contributed by atoms with E-state index in [2.05, 4.69) is 106 Å². The monoisotopic (exact) mass is 564 g/mol. The Hall–Kier alpha value is 1.26. The van der Waals surface area contributed by atoms with E-state index in [0.717, 1.165) is 0 Å². The quantitative estimate of drug-likeness (QED) is 0.180. The van der Waals surface area contributed by atoms with Crippen molar-refractivity contribution in [2.75, 3.05) is 0 Å². The SMILES string of the molecule is CC[Si](C)(C)CC[Si](C)(C)CC.CC[Si](C)(C)CC[Si](C)(C)O[Si](C)(C)CC[Si](C)(C)CC. The molecule has 0 atom stereocenters. The molecule has 0 radical (unpaired) electrons. The molecule has 7 heteroatoms. The summed E-state index contributed by atoms with van der Waals surface area (Å²) in [7, 11) is -6.34. The highest BCUT2D eigenvalue weighted by Gasteiger charge is 2.35. The molecule has 1 nitrogen and oxygen atoms in total. The Morgan fingerprint density at radius 3 is 0.697 bits per heavy atom. The van der Waals surface area contributed by atoms with Crippen LogP contribution in [0.25, 0.3) is 0 Å². The Balaban J connectivity index is 0. The summed E-state index contributed by atoms with van der Waals surface area (Å²) >= 11 is 0. The van der Waals surface area contributed by atoms with Gasteiger partial charge in [0.25, 0.3) is 0 Å². The van der Waals surface area contributed by atoms with E-state index in [9.17, 15) is 0 Å². The van der Waals surface area contributed by atoms with Gasteiger partial charge < -0.3 is 4.12 Å². The van der Waals surface area contributed by atoms with Crippen molar-refractivity contribution < 1.29 is 4.12 Å². The molecule has 0 bridgehead atoms. The standard InChI is InChI=1S/C16H42OSi4.C10H26Si2/c1-11-18(3,4)13-15-20(7,8)17-21(9,10)16-14-19(5,6)12-2;1-7-11(3,4)9-10-12(5,6)8-2/h11-16H2,1-10H3;7-10H2,1-6H3. The van der Waals surface area contributed by atoms with Crippen LogP contribution in [-0.2, 0) is 4.12 Å². The van der Waals surface area contributed by atoms with Crippen LogP contribution in [0.2, 0.25) is 139 Å². The van der Waals surface area contributed by atoms with Gasteiger partial charge in [-0.15, -0.1) is 0 Å². The van der Waals surface area contributed by atoms with Crippen LogP contribution in [0, 0.1) is 0 Å². The minimum Gasteiger partial charge on any atom is -0.456 e. The lowest BCUT2D eigenvalue weighted by atomic mass is 10.9. The molecule has 0 rings (SSSR count). The number of rotatable bonds is 15. The van der Waals surface area contributed by atoms with E-state index >= 15 is 0 Å². The maximum Gasteiger partial charge on any atom is 0.173 e. The van der Waals surface area contributed by atoms with Crippen molar-refractivity contribution in [3.05, 3.63) is 0 Å². The molecule has 0 aromatic rings.